The molecule has 1 heterocycles. The van der Waals surface area contributed by atoms with Gasteiger partial charge in [0.1, 0.15) is 0 Å². The lowest BCUT2D eigenvalue weighted by molar-refractivity contribution is 0.473. The SMILES string of the molecule is CNc1nc(NC2CCCCC2SC)nc(N(C)C)n1. The summed E-state index contributed by atoms with van der Waals surface area (Å²) >= 11 is 1.93. The maximum Gasteiger partial charge on any atom is 0.231 e. The maximum atomic E-state index is 4.49. The monoisotopic (exact) mass is 296 g/mol. The number of thioether (sulfide) groups is 1. The third kappa shape index (κ3) is 3.65. The van der Waals surface area contributed by atoms with Gasteiger partial charge in [-0.3, -0.25) is 0 Å². The van der Waals surface area contributed by atoms with E-state index in [1.807, 2.05) is 37.8 Å². The van der Waals surface area contributed by atoms with Gasteiger partial charge in [-0.25, -0.2) is 0 Å². The molecule has 1 aromatic heterocycles. The van der Waals surface area contributed by atoms with E-state index < -0.39 is 0 Å². The standard InChI is InChI=1S/C13H24N6S/c1-14-11-16-12(18-13(17-11)19(2)3)15-9-7-5-6-8-10(9)20-4/h9-10H,5-8H2,1-4H3,(H2,14,15,16,17,18). The number of nitrogens with zero attached hydrogens (tertiary/aromatic N) is 4. The van der Waals surface area contributed by atoms with Crippen LogP contribution in [-0.4, -0.2) is 53.6 Å². The van der Waals surface area contributed by atoms with Crippen LogP contribution < -0.4 is 15.5 Å². The summed E-state index contributed by atoms with van der Waals surface area (Å²) in [5.41, 5.74) is 0. The predicted molar refractivity (Wildman–Crippen MR) is 86.9 cm³/mol. The highest BCUT2D eigenvalue weighted by Crippen LogP contribution is 2.29. The van der Waals surface area contributed by atoms with Crippen LogP contribution >= 0.6 is 11.8 Å². The van der Waals surface area contributed by atoms with E-state index in [2.05, 4.69) is 31.8 Å². The van der Waals surface area contributed by atoms with E-state index >= 15 is 0 Å². The van der Waals surface area contributed by atoms with Crippen molar-refractivity contribution in [3.8, 4) is 0 Å². The van der Waals surface area contributed by atoms with Crippen LogP contribution in [0.15, 0.2) is 0 Å². The zero-order valence-corrected chi connectivity index (χ0v) is 13.5. The summed E-state index contributed by atoms with van der Waals surface area (Å²) in [6, 6.07) is 0.445. The van der Waals surface area contributed by atoms with E-state index in [9.17, 15) is 0 Å². The van der Waals surface area contributed by atoms with Crippen LogP contribution in [0.4, 0.5) is 17.8 Å². The molecule has 0 saturated heterocycles. The van der Waals surface area contributed by atoms with Gasteiger partial charge in [0.2, 0.25) is 17.8 Å². The molecule has 0 spiro atoms. The quantitative estimate of drug-likeness (QED) is 0.862. The Bertz CT molecular complexity index is 439. The first-order valence-electron chi connectivity index (χ1n) is 7.04. The Balaban J connectivity index is 2.16. The van der Waals surface area contributed by atoms with Crippen LogP contribution in [0.25, 0.3) is 0 Å². The molecule has 1 aliphatic rings. The summed E-state index contributed by atoms with van der Waals surface area (Å²) in [7, 11) is 5.69. The molecule has 2 rings (SSSR count). The molecule has 1 fully saturated rings. The number of anilines is 3. The molecule has 2 N–H and O–H groups in total. The van der Waals surface area contributed by atoms with Crippen molar-refractivity contribution >= 4 is 29.6 Å². The van der Waals surface area contributed by atoms with E-state index in [4.69, 9.17) is 0 Å². The molecule has 1 saturated carbocycles. The van der Waals surface area contributed by atoms with Gasteiger partial charge in [-0.1, -0.05) is 12.8 Å². The summed E-state index contributed by atoms with van der Waals surface area (Å²) in [5, 5.41) is 7.13. The second-order valence-electron chi connectivity index (χ2n) is 5.24. The third-order valence-corrected chi connectivity index (χ3v) is 4.74. The highest BCUT2D eigenvalue weighted by atomic mass is 32.2. The summed E-state index contributed by atoms with van der Waals surface area (Å²) in [4.78, 5) is 15.1. The zero-order chi connectivity index (χ0) is 14.5. The van der Waals surface area contributed by atoms with Crippen molar-refractivity contribution in [3.05, 3.63) is 0 Å². The Labute approximate surface area is 125 Å². The van der Waals surface area contributed by atoms with Gasteiger partial charge < -0.3 is 15.5 Å². The van der Waals surface area contributed by atoms with Crippen LogP contribution in [0.5, 0.6) is 0 Å². The first-order chi connectivity index (χ1) is 9.63. The number of rotatable bonds is 5. The highest BCUT2D eigenvalue weighted by Gasteiger charge is 2.25. The first-order valence-corrected chi connectivity index (χ1v) is 8.33. The molecule has 2 atom stereocenters. The fraction of sp³-hybridized carbons (Fsp3) is 0.769. The van der Waals surface area contributed by atoms with Crippen LogP contribution in [0.2, 0.25) is 0 Å². The normalized spacial score (nSPS) is 22.4. The van der Waals surface area contributed by atoms with Crippen LogP contribution in [0, 0.1) is 0 Å². The Morgan fingerprint density at radius 1 is 1.10 bits per heavy atom. The third-order valence-electron chi connectivity index (χ3n) is 3.57. The summed E-state index contributed by atoms with van der Waals surface area (Å²) in [5.74, 6) is 1.94. The van der Waals surface area contributed by atoms with Crippen molar-refractivity contribution in [1.29, 1.82) is 0 Å². The van der Waals surface area contributed by atoms with Gasteiger partial charge in [0.15, 0.2) is 0 Å². The van der Waals surface area contributed by atoms with E-state index in [1.165, 1.54) is 25.7 Å². The molecule has 0 amide bonds. The van der Waals surface area contributed by atoms with Crippen LogP contribution in [-0.2, 0) is 0 Å². The molecule has 0 aliphatic heterocycles. The van der Waals surface area contributed by atoms with Crippen molar-refractivity contribution < 1.29 is 0 Å². The lowest BCUT2D eigenvalue weighted by atomic mass is 9.95. The number of hydrogen-bond acceptors (Lipinski definition) is 7. The van der Waals surface area contributed by atoms with Crippen molar-refractivity contribution in [2.75, 3.05) is 42.9 Å². The van der Waals surface area contributed by atoms with Gasteiger partial charge in [0.05, 0.1) is 0 Å². The predicted octanol–water partition coefficient (Wildman–Crippen LogP) is 2.07. The average Bonchev–Trinajstić information content (AvgIpc) is 2.47. The average molecular weight is 296 g/mol. The van der Waals surface area contributed by atoms with Gasteiger partial charge in [0, 0.05) is 32.4 Å². The van der Waals surface area contributed by atoms with Crippen molar-refractivity contribution in [2.24, 2.45) is 0 Å². The fourth-order valence-electron chi connectivity index (χ4n) is 2.45. The number of aromatic nitrogens is 3. The summed E-state index contributed by atoms with van der Waals surface area (Å²) in [6.45, 7) is 0. The lowest BCUT2D eigenvalue weighted by Gasteiger charge is -2.31. The van der Waals surface area contributed by atoms with E-state index in [-0.39, 0.29) is 0 Å². The molecule has 0 radical (unpaired) electrons. The Hall–Kier alpha value is -1.24. The molecule has 112 valence electrons. The number of hydrogen-bond donors (Lipinski definition) is 2. The minimum Gasteiger partial charge on any atom is -0.357 e. The Morgan fingerprint density at radius 3 is 2.45 bits per heavy atom. The molecule has 2 unspecified atom stereocenters. The van der Waals surface area contributed by atoms with Gasteiger partial charge in [0.25, 0.3) is 0 Å². The van der Waals surface area contributed by atoms with Crippen LogP contribution in [0.3, 0.4) is 0 Å². The molecular formula is C13H24N6S. The molecule has 1 aliphatic carbocycles. The zero-order valence-electron chi connectivity index (χ0n) is 12.7. The summed E-state index contributed by atoms with van der Waals surface area (Å²) in [6.07, 6.45) is 7.24. The second-order valence-corrected chi connectivity index (χ2v) is 6.31. The molecule has 0 aromatic carbocycles. The van der Waals surface area contributed by atoms with Gasteiger partial charge in [-0.15, -0.1) is 0 Å². The van der Waals surface area contributed by atoms with E-state index in [1.54, 1.807) is 0 Å². The van der Waals surface area contributed by atoms with Gasteiger partial charge in [-0.2, -0.15) is 26.7 Å². The Morgan fingerprint density at radius 2 is 1.80 bits per heavy atom. The largest absolute Gasteiger partial charge is 0.357 e. The minimum absolute atomic E-state index is 0.445. The van der Waals surface area contributed by atoms with E-state index in [0.717, 1.165) is 0 Å². The van der Waals surface area contributed by atoms with Crippen molar-refractivity contribution in [3.63, 3.8) is 0 Å². The first kappa shape index (κ1) is 15.2. The molecule has 20 heavy (non-hydrogen) atoms. The lowest BCUT2D eigenvalue weighted by Crippen LogP contribution is -2.35. The number of nitrogens with one attached hydrogen (secondary N) is 2. The highest BCUT2D eigenvalue weighted by molar-refractivity contribution is 7.99. The van der Waals surface area contributed by atoms with E-state index in [0.29, 0.717) is 29.1 Å². The topological polar surface area (TPSA) is 66.0 Å². The maximum absolute atomic E-state index is 4.49. The van der Waals surface area contributed by atoms with Crippen LogP contribution in [0.1, 0.15) is 25.7 Å². The second kappa shape index (κ2) is 6.97. The smallest absolute Gasteiger partial charge is 0.231 e. The molecule has 1 aromatic rings. The molecule has 0 bridgehead atoms. The van der Waals surface area contributed by atoms with Gasteiger partial charge >= 0.3 is 0 Å². The molecule has 7 heteroatoms. The van der Waals surface area contributed by atoms with Crippen molar-refractivity contribution in [2.45, 2.75) is 37.0 Å². The molecule has 6 nitrogen and oxygen atoms in total. The van der Waals surface area contributed by atoms with Gasteiger partial charge in [-0.05, 0) is 19.1 Å². The summed E-state index contributed by atoms with van der Waals surface area (Å²) < 4.78 is 0. The molecular weight excluding hydrogens is 272 g/mol. The fourth-order valence-corrected chi connectivity index (χ4v) is 3.39. The minimum atomic E-state index is 0.445. The Kier molecular flexibility index (Phi) is 5.28. The van der Waals surface area contributed by atoms with Crippen molar-refractivity contribution in [1.82, 2.24) is 15.0 Å².